The highest BCUT2D eigenvalue weighted by atomic mass is 32.2. The van der Waals surface area contributed by atoms with Gasteiger partial charge in [-0.05, 0) is 24.6 Å². The van der Waals surface area contributed by atoms with Gasteiger partial charge in [-0.3, -0.25) is 9.59 Å². The van der Waals surface area contributed by atoms with Crippen LogP contribution in [0.15, 0.2) is 29.2 Å². The SMILES string of the molecule is CCCC(N)C(=O)N1CCN(C(=O)c2cccc(S(C)(=O)=O)c2)CC1. The number of hydrogen-bond acceptors (Lipinski definition) is 5. The Bertz CT molecular complexity index is 740. The van der Waals surface area contributed by atoms with E-state index >= 15 is 0 Å². The fourth-order valence-electron chi connectivity index (χ4n) is 2.84. The molecule has 0 radical (unpaired) electrons. The van der Waals surface area contributed by atoms with E-state index < -0.39 is 15.9 Å². The summed E-state index contributed by atoms with van der Waals surface area (Å²) >= 11 is 0. The van der Waals surface area contributed by atoms with E-state index in [1.807, 2.05) is 6.92 Å². The zero-order valence-electron chi connectivity index (χ0n) is 14.6. The van der Waals surface area contributed by atoms with Crippen LogP contribution in [0.25, 0.3) is 0 Å². The van der Waals surface area contributed by atoms with Crippen molar-refractivity contribution in [1.29, 1.82) is 0 Å². The average molecular weight is 367 g/mol. The molecule has 1 fully saturated rings. The first-order chi connectivity index (χ1) is 11.7. The van der Waals surface area contributed by atoms with Crippen LogP contribution in [0.3, 0.4) is 0 Å². The first-order valence-corrected chi connectivity index (χ1v) is 10.3. The van der Waals surface area contributed by atoms with Crippen molar-refractivity contribution in [3.05, 3.63) is 29.8 Å². The molecule has 138 valence electrons. The second-order valence-corrected chi connectivity index (χ2v) is 8.33. The third-order valence-electron chi connectivity index (χ3n) is 4.30. The van der Waals surface area contributed by atoms with E-state index in [0.717, 1.165) is 12.7 Å². The van der Waals surface area contributed by atoms with E-state index in [1.165, 1.54) is 12.1 Å². The molecular formula is C17H25N3O4S. The zero-order valence-corrected chi connectivity index (χ0v) is 15.5. The lowest BCUT2D eigenvalue weighted by Crippen LogP contribution is -2.54. The fraction of sp³-hybridized carbons (Fsp3) is 0.529. The highest BCUT2D eigenvalue weighted by molar-refractivity contribution is 7.90. The fourth-order valence-corrected chi connectivity index (χ4v) is 3.51. The molecule has 0 aliphatic carbocycles. The van der Waals surface area contributed by atoms with Crippen LogP contribution in [0.5, 0.6) is 0 Å². The third-order valence-corrected chi connectivity index (χ3v) is 5.41. The van der Waals surface area contributed by atoms with Crippen LogP contribution in [0, 0.1) is 0 Å². The van der Waals surface area contributed by atoms with Gasteiger partial charge in [-0.15, -0.1) is 0 Å². The number of hydrogen-bond donors (Lipinski definition) is 1. The van der Waals surface area contributed by atoms with E-state index in [9.17, 15) is 18.0 Å². The van der Waals surface area contributed by atoms with Gasteiger partial charge in [0.15, 0.2) is 9.84 Å². The lowest BCUT2D eigenvalue weighted by Gasteiger charge is -2.36. The van der Waals surface area contributed by atoms with Crippen molar-refractivity contribution >= 4 is 21.7 Å². The molecule has 1 aliphatic rings. The highest BCUT2D eigenvalue weighted by Crippen LogP contribution is 2.15. The van der Waals surface area contributed by atoms with Crippen LogP contribution in [0.1, 0.15) is 30.1 Å². The molecule has 2 N–H and O–H groups in total. The summed E-state index contributed by atoms with van der Waals surface area (Å²) in [5.41, 5.74) is 6.21. The van der Waals surface area contributed by atoms with Crippen LogP contribution in [0.4, 0.5) is 0 Å². The highest BCUT2D eigenvalue weighted by Gasteiger charge is 2.27. The molecule has 1 atom stereocenters. The predicted octanol–water partition coefficient (Wildman–Crippen LogP) is 0.502. The molecule has 0 bridgehead atoms. The van der Waals surface area contributed by atoms with Crippen molar-refractivity contribution in [2.75, 3.05) is 32.4 Å². The van der Waals surface area contributed by atoms with Gasteiger partial charge in [-0.1, -0.05) is 19.4 Å². The predicted molar refractivity (Wildman–Crippen MR) is 94.9 cm³/mol. The summed E-state index contributed by atoms with van der Waals surface area (Å²) in [5.74, 6) is -0.302. The van der Waals surface area contributed by atoms with Crippen LogP contribution in [-0.2, 0) is 14.6 Å². The lowest BCUT2D eigenvalue weighted by molar-refractivity contribution is -0.134. The lowest BCUT2D eigenvalue weighted by atomic mass is 10.1. The Hall–Kier alpha value is -1.93. The Morgan fingerprint density at radius 1 is 1.16 bits per heavy atom. The Morgan fingerprint density at radius 2 is 1.76 bits per heavy atom. The Kier molecular flexibility index (Phi) is 6.18. The maximum atomic E-state index is 12.6. The summed E-state index contributed by atoms with van der Waals surface area (Å²) in [6.07, 6.45) is 2.61. The van der Waals surface area contributed by atoms with Gasteiger partial charge in [0.1, 0.15) is 0 Å². The van der Waals surface area contributed by atoms with Gasteiger partial charge in [-0.25, -0.2) is 8.42 Å². The van der Waals surface area contributed by atoms with Gasteiger partial charge in [0, 0.05) is 38.0 Å². The summed E-state index contributed by atoms with van der Waals surface area (Å²) in [6.45, 7) is 3.68. The monoisotopic (exact) mass is 367 g/mol. The van der Waals surface area contributed by atoms with Crippen molar-refractivity contribution < 1.29 is 18.0 Å². The van der Waals surface area contributed by atoms with E-state index in [4.69, 9.17) is 5.73 Å². The molecule has 1 aromatic carbocycles. The van der Waals surface area contributed by atoms with Gasteiger partial charge in [0.25, 0.3) is 5.91 Å². The molecule has 1 aliphatic heterocycles. The molecule has 1 heterocycles. The summed E-state index contributed by atoms with van der Waals surface area (Å²) in [5, 5.41) is 0. The number of nitrogens with two attached hydrogens (primary N) is 1. The molecular weight excluding hydrogens is 342 g/mol. The first kappa shape index (κ1) is 19.4. The van der Waals surface area contributed by atoms with E-state index in [1.54, 1.807) is 21.9 Å². The van der Waals surface area contributed by atoms with Gasteiger partial charge in [0.05, 0.1) is 10.9 Å². The van der Waals surface area contributed by atoms with Gasteiger partial charge < -0.3 is 15.5 Å². The molecule has 2 rings (SSSR count). The first-order valence-electron chi connectivity index (χ1n) is 8.37. The summed E-state index contributed by atoms with van der Waals surface area (Å²) in [4.78, 5) is 28.3. The maximum Gasteiger partial charge on any atom is 0.254 e. The minimum Gasteiger partial charge on any atom is -0.338 e. The largest absolute Gasteiger partial charge is 0.338 e. The van der Waals surface area contributed by atoms with Crippen LogP contribution >= 0.6 is 0 Å². The molecule has 7 nitrogen and oxygen atoms in total. The maximum absolute atomic E-state index is 12.6. The van der Waals surface area contributed by atoms with Crippen molar-refractivity contribution in [2.24, 2.45) is 5.73 Å². The number of piperazine rings is 1. The molecule has 2 amide bonds. The molecule has 1 aromatic rings. The molecule has 0 saturated carbocycles. The summed E-state index contributed by atoms with van der Waals surface area (Å²) in [6, 6.07) is 5.54. The Morgan fingerprint density at radius 3 is 2.32 bits per heavy atom. The zero-order chi connectivity index (χ0) is 18.6. The van der Waals surface area contributed by atoms with Gasteiger partial charge >= 0.3 is 0 Å². The van der Waals surface area contributed by atoms with Crippen molar-refractivity contribution in [1.82, 2.24) is 9.80 Å². The van der Waals surface area contributed by atoms with Crippen molar-refractivity contribution in [2.45, 2.75) is 30.7 Å². The third kappa shape index (κ3) is 4.79. The van der Waals surface area contributed by atoms with Crippen LogP contribution < -0.4 is 5.73 Å². The van der Waals surface area contributed by atoms with E-state index in [-0.39, 0.29) is 16.7 Å². The van der Waals surface area contributed by atoms with Crippen LogP contribution in [0.2, 0.25) is 0 Å². The average Bonchev–Trinajstić information content (AvgIpc) is 2.60. The number of carbonyl (C=O) groups is 2. The number of amides is 2. The smallest absolute Gasteiger partial charge is 0.254 e. The number of nitrogens with zero attached hydrogens (tertiary/aromatic N) is 2. The minimum atomic E-state index is -3.36. The number of sulfone groups is 1. The van der Waals surface area contributed by atoms with Crippen molar-refractivity contribution in [3.63, 3.8) is 0 Å². The van der Waals surface area contributed by atoms with Gasteiger partial charge in [-0.2, -0.15) is 0 Å². The normalized spacial score (nSPS) is 16.6. The molecule has 1 unspecified atom stereocenters. The molecule has 0 spiro atoms. The second kappa shape index (κ2) is 7.97. The molecule has 1 saturated heterocycles. The van der Waals surface area contributed by atoms with Crippen LogP contribution in [-0.4, -0.2) is 68.5 Å². The summed E-state index contributed by atoms with van der Waals surface area (Å²) in [7, 11) is -3.36. The number of carbonyl (C=O) groups excluding carboxylic acids is 2. The Labute approximate surface area is 148 Å². The Balaban J connectivity index is 2.01. The number of benzene rings is 1. The standard InChI is InChI=1S/C17H25N3O4S/c1-3-5-15(18)17(22)20-10-8-19(9-11-20)16(21)13-6-4-7-14(12-13)25(2,23)24/h4,6-7,12,15H,3,5,8-11,18H2,1-2H3. The second-order valence-electron chi connectivity index (χ2n) is 6.31. The quantitative estimate of drug-likeness (QED) is 0.817. The van der Waals surface area contributed by atoms with Crippen molar-refractivity contribution in [3.8, 4) is 0 Å². The number of rotatable bonds is 5. The molecule has 8 heteroatoms. The topological polar surface area (TPSA) is 101 Å². The minimum absolute atomic E-state index is 0.0759. The van der Waals surface area contributed by atoms with Gasteiger partial charge in [0.2, 0.25) is 5.91 Å². The summed E-state index contributed by atoms with van der Waals surface area (Å²) < 4.78 is 23.3. The molecule has 0 aromatic heterocycles. The van der Waals surface area contributed by atoms with E-state index in [2.05, 4.69) is 0 Å². The molecule has 25 heavy (non-hydrogen) atoms. The van der Waals surface area contributed by atoms with E-state index in [0.29, 0.717) is 38.2 Å².